The molecule has 0 radical (unpaired) electrons. The summed E-state index contributed by atoms with van der Waals surface area (Å²) in [6.45, 7) is 7.10. The summed E-state index contributed by atoms with van der Waals surface area (Å²) < 4.78 is 1.70. The van der Waals surface area contributed by atoms with E-state index in [1.54, 1.807) is 4.68 Å². The molecule has 0 aliphatic rings. The van der Waals surface area contributed by atoms with Gasteiger partial charge in [-0.2, -0.15) is 5.10 Å². The van der Waals surface area contributed by atoms with E-state index in [1.807, 2.05) is 20.9 Å². The fourth-order valence-electron chi connectivity index (χ4n) is 1.74. The van der Waals surface area contributed by atoms with Gasteiger partial charge in [0, 0.05) is 13.6 Å². The maximum Gasteiger partial charge on any atom is 0.178 e. The van der Waals surface area contributed by atoms with Crippen LogP contribution in [0.3, 0.4) is 0 Å². The van der Waals surface area contributed by atoms with Crippen LogP contribution in [-0.2, 0) is 7.05 Å². The van der Waals surface area contributed by atoms with Crippen molar-refractivity contribution in [2.24, 2.45) is 7.05 Å². The molecule has 96 valence electrons. The first-order valence-electron chi connectivity index (χ1n) is 6.07. The second-order valence-electron chi connectivity index (χ2n) is 4.28. The van der Waals surface area contributed by atoms with Crippen LogP contribution in [-0.4, -0.2) is 31.5 Å². The number of nitrogens with zero attached hydrogens (tertiary/aromatic N) is 5. The van der Waals surface area contributed by atoms with Gasteiger partial charge in [-0.05, 0) is 31.4 Å². The van der Waals surface area contributed by atoms with Gasteiger partial charge >= 0.3 is 0 Å². The average molecular weight is 246 g/mol. The van der Waals surface area contributed by atoms with Gasteiger partial charge in [0.25, 0.3) is 0 Å². The van der Waals surface area contributed by atoms with Crippen molar-refractivity contribution >= 4 is 5.82 Å². The van der Waals surface area contributed by atoms with E-state index in [4.69, 9.17) is 0 Å². The molecule has 2 aromatic rings. The number of nitrogens with one attached hydrogen (secondary N) is 1. The molecule has 0 saturated heterocycles. The lowest BCUT2D eigenvalue weighted by Crippen LogP contribution is -2.08. The number of aryl methyl sites for hydroxylation is 1. The van der Waals surface area contributed by atoms with Crippen LogP contribution in [0.25, 0.3) is 11.5 Å². The van der Waals surface area contributed by atoms with E-state index in [1.165, 1.54) is 6.33 Å². The molecule has 0 unspecified atom stereocenters. The molecule has 0 atom stereocenters. The predicted octanol–water partition coefficient (Wildman–Crippen LogP) is 1.71. The van der Waals surface area contributed by atoms with Crippen LogP contribution in [0.1, 0.15) is 24.5 Å². The Morgan fingerprint density at radius 2 is 2.00 bits per heavy atom. The van der Waals surface area contributed by atoms with Crippen LogP contribution in [0.15, 0.2) is 6.33 Å². The van der Waals surface area contributed by atoms with E-state index < -0.39 is 0 Å². The van der Waals surface area contributed by atoms with Gasteiger partial charge in [-0.15, -0.1) is 10.2 Å². The highest BCUT2D eigenvalue weighted by atomic mass is 15.3. The fourth-order valence-corrected chi connectivity index (χ4v) is 1.74. The molecule has 2 heterocycles. The summed E-state index contributed by atoms with van der Waals surface area (Å²) in [7, 11) is 1.85. The third kappa shape index (κ3) is 2.18. The highest BCUT2D eigenvalue weighted by molar-refractivity contribution is 5.60. The summed E-state index contributed by atoms with van der Waals surface area (Å²) in [5.41, 5.74) is 2.98. The zero-order valence-corrected chi connectivity index (χ0v) is 11.2. The molecule has 18 heavy (non-hydrogen) atoms. The molecule has 0 saturated carbocycles. The molecule has 0 bridgehead atoms. The third-order valence-electron chi connectivity index (χ3n) is 2.99. The second-order valence-corrected chi connectivity index (χ2v) is 4.28. The molecular weight excluding hydrogens is 228 g/mol. The molecule has 1 N–H and O–H groups in total. The number of anilines is 1. The fraction of sp³-hybridized carbons (Fsp3) is 0.500. The Kier molecular flexibility index (Phi) is 3.55. The Morgan fingerprint density at radius 1 is 1.22 bits per heavy atom. The highest BCUT2D eigenvalue weighted by Crippen LogP contribution is 2.23. The lowest BCUT2D eigenvalue weighted by molar-refractivity contribution is 0.767. The van der Waals surface area contributed by atoms with Crippen LogP contribution in [0.2, 0.25) is 0 Å². The Morgan fingerprint density at radius 3 is 2.61 bits per heavy atom. The maximum absolute atomic E-state index is 4.26. The van der Waals surface area contributed by atoms with Gasteiger partial charge < -0.3 is 5.32 Å². The predicted molar refractivity (Wildman–Crippen MR) is 70.3 cm³/mol. The maximum atomic E-state index is 4.26. The van der Waals surface area contributed by atoms with Crippen molar-refractivity contribution in [2.45, 2.75) is 27.2 Å². The normalized spacial score (nSPS) is 10.7. The molecule has 0 spiro atoms. The lowest BCUT2D eigenvalue weighted by Gasteiger charge is -2.11. The molecule has 2 rings (SSSR count). The quantitative estimate of drug-likeness (QED) is 0.889. The van der Waals surface area contributed by atoms with Gasteiger partial charge in [0.2, 0.25) is 0 Å². The standard InChI is InChI=1S/C12H18N6/c1-5-6-13-11-9(3)8(2)10(16-17-11)12-14-7-15-18(12)4/h7H,5-6H2,1-4H3,(H,13,17). The van der Waals surface area contributed by atoms with Gasteiger partial charge in [-0.25, -0.2) is 9.67 Å². The zero-order valence-electron chi connectivity index (χ0n) is 11.2. The minimum Gasteiger partial charge on any atom is -0.368 e. The van der Waals surface area contributed by atoms with Crippen LogP contribution in [0.4, 0.5) is 5.82 Å². The van der Waals surface area contributed by atoms with Crippen molar-refractivity contribution in [2.75, 3.05) is 11.9 Å². The van der Waals surface area contributed by atoms with Gasteiger partial charge in [0.05, 0.1) is 0 Å². The Labute approximate surface area is 106 Å². The summed E-state index contributed by atoms with van der Waals surface area (Å²) >= 11 is 0. The molecule has 2 aromatic heterocycles. The topological polar surface area (TPSA) is 68.5 Å². The summed E-state index contributed by atoms with van der Waals surface area (Å²) in [4.78, 5) is 4.21. The molecule has 0 aromatic carbocycles. The summed E-state index contributed by atoms with van der Waals surface area (Å²) in [5, 5.41) is 15.8. The summed E-state index contributed by atoms with van der Waals surface area (Å²) in [6, 6.07) is 0. The second kappa shape index (κ2) is 5.12. The SMILES string of the molecule is CCCNc1nnc(-c2ncnn2C)c(C)c1C. The minimum absolute atomic E-state index is 0.741. The van der Waals surface area contributed by atoms with Crippen LogP contribution < -0.4 is 5.32 Å². The van der Waals surface area contributed by atoms with Crippen molar-refractivity contribution in [3.05, 3.63) is 17.5 Å². The van der Waals surface area contributed by atoms with E-state index in [0.29, 0.717) is 0 Å². The van der Waals surface area contributed by atoms with Gasteiger partial charge in [-0.1, -0.05) is 6.92 Å². The van der Waals surface area contributed by atoms with Gasteiger partial charge in [0.1, 0.15) is 12.0 Å². The van der Waals surface area contributed by atoms with Crippen molar-refractivity contribution in [1.29, 1.82) is 0 Å². The monoisotopic (exact) mass is 246 g/mol. The Balaban J connectivity index is 2.41. The molecule has 0 fully saturated rings. The molecule has 0 aliphatic heterocycles. The molecular formula is C12H18N6. The van der Waals surface area contributed by atoms with E-state index >= 15 is 0 Å². The summed E-state index contributed by atoms with van der Waals surface area (Å²) in [5.74, 6) is 1.59. The molecule has 6 heteroatoms. The Bertz CT molecular complexity index is 545. The van der Waals surface area contributed by atoms with E-state index in [9.17, 15) is 0 Å². The zero-order chi connectivity index (χ0) is 13.1. The molecule has 0 aliphatic carbocycles. The number of hydrogen-bond donors (Lipinski definition) is 1. The minimum atomic E-state index is 0.741. The first kappa shape index (κ1) is 12.5. The van der Waals surface area contributed by atoms with Gasteiger partial charge in [-0.3, -0.25) is 0 Å². The number of rotatable bonds is 4. The summed E-state index contributed by atoms with van der Waals surface area (Å²) in [6.07, 6.45) is 2.58. The van der Waals surface area contributed by atoms with Crippen LogP contribution in [0.5, 0.6) is 0 Å². The van der Waals surface area contributed by atoms with Crippen LogP contribution in [0, 0.1) is 13.8 Å². The van der Waals surface area contributed by atoms with Crippen molar-refractivity contribution in [3.8, 4) is 11.5 Å². The van der Waals surface area contributed by atoms with E-state index in [0.717, 1.165) is 41.4 Å². The first-order chi connectivity index (χ1) is 8.65. The molecule has 0 amide bonds. The Hall–Kier alpha value is -1.98. The van der Waals surface area contributed by atoms with Gasteiger partial charge in [0.15, 0.2) is 11.6 Å². The molecule has 6 nitrogen and oxygen atoms in total. The highest BCUT2D eigenvalue weighted by Gasteiger charge is 2.14. The third-order valence-corrected chi connectivity index (χ3v) is 2.99. The number of hydrogen-bond acceptors (Lipinski definition) is 5. The van der Waals surface area contributed by atoms with Crippen LogP contribution >= 0.6 is 0 Å². The van der Waals surface area contributed by atoms with E-state index in [-0.39, 0.29) is 0 Å². The average Bonchev–Trinajstić information content (AvgIpc) is 2.77. The van der Waals surface area contributed by atoms with Crippen molar-refractivity contribution < 1.29 is 0 Å². The van der Waals surface area contributed by atoms with Crippen molar-refractivity contribution in [1.82, 2.24) is 25.0 Å². The van der Waals surface area contributed by atoms with E-state index in [2.05, 4.69) is 32.5 Å². The largest absolute Gasteiger partial charge is 0.368 e. The smallest absolute Gasteiger partial charge is 0.178 e. The number of aromatic nitrogens is 5. The first-order valence-corrected chi connectivity index (χ1v) is 6.07. The lowest BCUT2D eigenvalue weighted by atomic mass is 10.1. The van der Waals surface area contributed by atoms with Crippen molar-refractivity contribution in [3.63, 3.8) is 0 Å².